The molecule has 0 radical (unpaired) electrons. The fourth-order valence-electron chi connectivity index (χ4n) is 3.70. The third-order valence-corrected chi connectivity index (χ3v) is 8.10. The molecule has 0 saturated carbocycles. The van der Waals surface area contributed by atoms with Gasteiger partial charge in [0.15, 0.2) is 9.84 Å². The zero-order valence-electron chi connectivity index (χ0n) is 17.3. The Hall–Kier alpha value is -2.19. The quantitative estimate of drug-likeness (QED) is 0.616. The molecular weight excluding hydrogens is 422 g/mol. The summed E-state index contributed by atoms with van der Waals surface area (Å²) in [5, 5.41) is 3.33. The number of carbonyl (C=O) groups is 2. The van der Waals surface area contributed by atoms with E-state index in [9.17, 15) is 18.0 Å². The van der Waals surface area contributed by atoms with E-state index >= 15 is 0 Å². The summed E-state index contributed by atoms with van der Waals surface area (Å²) in [4.78, 5) is 25.9. The third kappa shape index (κ3) is 5.70. The van der Waals surface area contributed by atoms with Crippen molar-refractivity contribution < 1.29 is 22.7 Å². The Balaban J connectivity index is 1.60. The second kappa shape index (κ2) is 9.75. The molecule has 0 saturated heterocycles. The number of fused-ring (bicyclic) bond motifs is 1. The van der Waals surface area contributed by atoms with Crippen molar-refractivity contribution in [1.82, 2.24) is 0 Å². The number of nitrogens with one attached hydrogen (secondary N) is 1. The summed E-state index contributed by atoms with van der Waals surface area (Å²) in [5.41, 5.74) is 2.17. The van der Waals surface area contributed by atoms with E-state index in [1.807, 2.05) is 6.07 Å². The number of sulfone groups is 1. The number of anilines is 1. The van der Waals surface area contributed by atoms with Crippen molar-refractivity contribution in [3.05, 3.63) is 51.9 Å². The van der Waals surface area contributed by atoms with Crippen molar-refractivity contribution in [1.29, 1.82) is 0 Å². The number of esters is 1. The molecule has 30 heavy (non-hydrogen) atoms. The van der Waals surface area contributed by atoms with Crippen LogP contribution in [-0.4, -0.2) is 33.2 Å². The van der Waals surface area contributed by atoms with Gasteiger partial charge in [0.2, 0.25) is 5.91 Å². The lowest BCUT2D eigenvalue weighted by Crippen LogP contribution is -2.17. The van der Waals surface area contributed by atoms with E-state index in [1.165, 1.54) is 18.4 Å². The third-order valence-electron chi connectivity index (χ3n) is 5.24. The largest absolute Gasteiger partial charge is 0.465 e. The molecule has 0 fully saturated rings. The molecule has 0 bridgehead atoms. The van der Waals surface area contributed by atoms with Crippen molar-refractivity contribution in [3.8, 4) is 0 Å². The predicted octanol–water partition coefficient (Wildman–Crippen LogP) is 3.99. The number of ether oxygens (including phenoxy) is 1. The van der Waals surface area contributed by atoms with Crippen LogP contribution >= 0.6 is 11.3 Å². The van der Waals surface area contributed by atoms with Crippen LogP contribution in [0.4, 0.5) is 5.00 Å². The fourth-order valence-corrected chi connectivity index (χ4v) is 6.54. The summed E-state index contributed by atoms with van der Waals surface area (Å²) in [6.45, 7) is 2.18. The Kier molecular flexibility index (Phi) is 7.31. The van der Waals surface area contributed by atoms with Gasteiger partial charge in [0.25, 0.3) is 0 Å². The van der Waals surface area contributed by atoms with Crippen molar-refractivity contribution in [2.45, 2.75) is 44.8 Å². The van der Waals surface area contributed by atoms with Gasteiger partial charge in [0.1, 0.15) is 5.00 Å². The minimum absolute atomic E-state index is 0.0300. The first kappa shape index (κ1) is 22.5. The molecule has 1 aliphatic rings. The van der Waals surface area contributed by atoms with Gasteiger partial charge in [0, 0.05) is 11.3 Å². The Morgan fingerprint density at radius 1 is 1.23 bits per heavy atom. The minimum atomic E-state index is -3.29. The molecule has 1 N–H and O–H groups in total. The average Bonchev–Trinajstić information content (AvgIpc) is 3.04. The molecule has 1 aliphatic carbocycles. The van der Waals surface area contributed by atoms with E-state index in [-0.39, 0.29) is 30.3 Å². The number of thiophene rings is 1. The zero-order valence-corrected chi connectivity index (χ0v) is 18.9. The Morgan fingerprint density at radius 2 is 1.97 bits per heavy atom. The maximum absolute atomic E-state index is 12.4. The van der Waals surface area contributed by atoms with Crippen LogP contribution in [-0.2, 0) is 38.0 Å². The molecule has 1 atom stereocenters. The normalized spacial score (nSPS) is 16.0. The van der Waals surface area contributed by atoms with Crippen LogP contribution in [0.3, 0.4) is 0 Å². The molecule has 2 aromatic rings. The number of amides is 1. The van der Waals surface area contributed by atoms with Crippen molar-refractivity contribution in [3.63, 3.8) is 0 Å². The Labute approximate surface area is 181 Å². The van der Waals surface area contributed by atoms with E-state index in [4.69, 9.17) is 4.74 Å². The highest BCUT2D eigenvalue weighted by molar-refractivity contribution is 7.90. The topological polar surface area (TPSA) is 89.5 Å². The first-order chi connectivity index (χ1) is 14.3. The zero-order chi connectivity index (χ0) is 21.7. The predicted molar refractivity (Wildman–Crippen MR) is 119 cm³/mol. The summed E-state index contributed by atoms with van der Waals surface area (Å²) in [5.74, 6) is -0.278. The van der Waals surface area contributed by atoms with E-state index in [2.05, 4.69) is 12.2 Å². The lowest BCUT2D eigenvalue weighted by atomic mass is 9.88. The van der Waals surface area contributed by atoms with Gasteiger partial charge in [-0.05, 0) is 42.7 Å². The molecular formula is C22H27NO5S2. The lowest BCUT2D eigenvalue weighted by Gasteiger charge is -2.18. The average molecular weight is 450 g/mol. The van der Waals surface area contributed by atoms with Crippen LogP contribution in [0.1, 0.15) is 52.5 Å². The maximum atomic E-state index is 12.4. The van der Waals surface area contributed by atoms with Gasteiger partial charge >= 0.3 is 5.97 Å². The Bertz CT molecular complexity index is 1010. The molecule has 1 aromatic carbocycles. The van der Waals surface area contributed by atoms with Crippen LogP contribution in [0.25, 0.3) is 0 Å². The van der Waals surface area contributed by atoms with Gasteiger partial charge in [-0.25, -0.2) is 13.2 Å². The molecule has 6 nitrogen and oxygen atoms in total. The summed E-state index contributed by atoms with van der Waals surface area (Å²) in [7, 11) is -1.95. The number of hydrogen-bond acceptors (Lipinski definition) is 6. The van der Waals surface area contributed by atoms with E-state index in [0.29, 0.717) is 16.5 Å². The highest BCUT2D eigenvalue weighted by Gasteiger charge is 2.28. The van der Waals surface area contributed by atoms with Crippen molar-refractivity contribution >= 4 is 38.1 Å². The highest BCUT2D eigenvalue weighted by Crippen LogP contribution is 2.40. The molecule has 1 amide bonds. The molecule has 3 rings (SSSR count). The summed E-state index contributed by atoms with van der Waals surface area (Å²) < 4.78 is 29.5. The first-order valence-corrected chi connectivity index (χ1v) is 12.7. The highest BCUT2D eigenvalue weighted by atomic mass is 32.2. The number of rotatable bonds is 8. The van der Waals surface area contributed by atoms with Crippen LogP contribution in [0.5, 0.6) is 0 Å². The smallest absolute Gasteiger partial charge is 0.341 e. The molecule has 0 spiro atoms. The standard InChI is InChI=1S/C22H27NO5S2/c1-15-10-11-17-18(13-15)29-21(20(17)22(25)28-2)23-19(24)9-6-12-30(26,27)14-16-7-4-3-5-8-16/h3-5,7-8,15H,6,9-14H2,1-2H3,(H,23,24). The van der Waals surface area contributed by atoms with Gasteiger partial charge in [-0.1, -0.05) is 37.3 Å². The maximum Gasteiger partial charge on any atom is 0.341 e. The second-order valence-corrected chi connectivity index (χ2v) is 11.1. The summed E-state index contributed by atoms with van der Waals surface area (Å²) in [6.07, 6.45) is 2.99. The van der Waals surface area contributed by atoms with E-state index in [1.54, 1.807) is 24.3 Å². The van der Waals surface area contributed by atoms with Gasteiger partial charge in [0.05, 0.1) is 24.2 Å². The molecule has 1 unspecified atom stereocenters. The van der Waals surface area contributed by atoms with E-state index in [0.717, 1.165) is 35.3 Å². The monoisotopic (exact) mass is 449 g/mol. The Morgan fingerprint density at radius 3 is 2.67 bits per heavy atom. The summed E-state index contributed by atoms with van der Waals surface area (Å²) >= 11 is 1.43. The van der Waals surface area contributed by atoms with Gasteiger partial charge < -0.3 is 10.1 Å². The van der Waals surface area contributed by atoms with Gasteiger partial charge in [-0.3, -0.25) is 4.79 Å². The van der Waals surface area contributed by atoms with E-state index < -0.39 is 15.8 Å². The molecule has 1 heterocycles. The molecule has 1 aromatic heterocycles. The molecule has 0 aliphatic heterocycles. The number of methoxy groups -OCH3 is 1. The number of hydrogen-bond donors (Lipinski definition) is 1. The van der Waals surface area contributed by atoms with Gasteiger partial charge in [-0.2, -0.15) is 0 Å². The van der Waals surface area contributed by atoms with Crippen LogP contribution in [0, 0.1) is 5.92 Å². The fraction of sp³-hybridized carbons (Fsp3) is 0.455. The molecule has 8 heteroatoms. The number of benzene rings is 1. The minimum Gasteiger partial charge on any atom is -0.465 e. The van der Waals surface area contributed by atoms with Crippen molar-refractivity contribution in [2.24, 2.45) is 5.92 Å². The van der Waals surface area contributed by atoms with Crippen LogP contribution in [0.15, 0.2) is 30.3 Å². The molecule has 162 valence electrons. The number of carbonyl (C=O) groups excluding carboxylic acids is 2. The lowest BCUT2D eigenvalue weighted by molar-refractivity contribution is -0.116. The van der Waals surface area contributed by atoms with Gasteiger partial charge in [-0.15, -0.1) is 11.3 Å². The van der Waals surface area contributed by atoms with Crippen LogP contribution in [0.2, 0.25) is 0 Å². The first-order valence-electron chi connectivity index (χ1n) is 10.1. The van der Waals surface area contributed by atoms with Crippen molar-refractivity contribution in [2.75, 3.05) is 18.2 Å². The SMILES string of the molecule is COC(=O)c1c(NC(=O)CCCS(=O)(=O)Cc2ccccc2)sc2c1CCC(C)C2. The second-order valence-electron chi connectivity index (χ2n) is 7.78. The summed E-state index contributed by atoms with van der Waals surface area (Å²) in [6, 6.07) is 9.00. The van der Waals surface area contributed by atoms with Crippen LogP contribution < -0.4 is 5.32 Å².